The van der Waals surface area contributed by atoms with Crippen LogP contribution in [0.4, 0.5) is 13.6 Å². The van der Waals surface area contributed by atoms with E-state index in [1.807, 2.05) is 13.8 Å². The van der Waals surface area contributed by atoms with E-state index in [0.717, 1.165) is 17.7 Å². The van der Waals surface area contributed by atoms with Crippen molar-refractivity contribution in [2.24, 2.45) is 17.8 Å². The third-order valence-electron chi connectivity index (χ3n) is 7.91. The van der Waals surface area contributed by atoms with Crippen molar-refractivity contribution < 1.29 is 28.3 Å². The van der Waals surface area contributed by atoms with Crippen molar-refractivity contribution in [3.63, 3.8) is 0 Å². The van der Waals surface area contributed by atoms with E-state index in [0.29, 0.717) is 30.6 Å². The first-order chi connectivity index (χ1) is 18.0. The summed E-state index contributed by atoms with van der Waals surface area (Å²) in [7, 11) is 1.43. The summed E-state index contributed by atoms with van der Waals surface area (Å²) in [6.07, 6.45) is 0.916. The number of likely N-dealkylation sites (N-methyl/N-ethyl adjacent to an activating group) is 1. The molecule has 9 heteroatoms. The van der Waals surface area contributed by atoms with Crippen LogP contribution >= 0.6 is 0 Å². The summed E-state index contributed by atoms with van der Waals surface area (Å²) in [5.41, 5.74) is 1.20. The van der Waals surface area contributed by atoms with Crippen LogP contribution in [0.25, 0.3) is 0 Å². The van der Waals surface area contributed by atoms with Crippen LogP contribution in [0.1, 0.15) is 50.2 Å². The fourth-order valence-corrected chi connectivity index (χ4v) is 5.91. The van der Waals surface area contributed by atoms with E-state index in [1.54, 1.807) is 29.2 Å². The van der Waals surface area contributed by atoms with Crippen molar-refractivity contribution in [1.29, 1.82) is 0 Å². The molecule has 0 radical (unpaired) electrons. The van der Waals surface area contributed by atoms with Gasteiger partial charge in [-0.1, -0.05) is 38.1 Å². The van der Waals surface area contributed by atoms with Gasteiger partial charge in [-0.25, -0.2) is 13.6 Å². The van der Waals surface area contributed by atoms with Crippen LogP contribution in [0.3, 0.4) is 0 Å². The van der Waals surface area contributed by atoms with Crippen molar-refractivity contribution in [3.8, 4) is 0 Å². The number of halogens is 2. The number of benzene rings is 2. The molecule has 7 nitrogen and oxygen atoms in total. The van der Waals surface area contributed by atoms with Gasteiger partial charge in [0, 0.05) is 32.1 Å². The molecule has 1 aliphatic carbocycles. The van der Waals surface area contributed by atoms with Crippen molar-refractivity contribution >= 4 is 17.9 Å². The molecule has 3 amide bonds. The predicted octanol–water partition coefficient (Wildman–Crippen LogP) is 4.47. The highest BCUT2D eigenvalue weighted by Gasteiger charge is 2.46. The van der Waals surface area contributed by atoms with Crippen LogP contribution in [0, 0.1) is 29.4 Å². The van der Waals surface area contributed by atoms with Gasteiger partial charge in [0.2, 0.25) is 11.8 Å². The molecular weight excluding hydrogens is 492 g/mol. The first-order valence-electron chi connectivity index (χ1n) is 13.1. The third-order valence-corrected chi connectivity index (χ3v) is 7.91. The van der Waals surface area contributed by atoms with Crippen LogP contribution in [0.15, 0.2) is 48.5 Å². The second kappa shape index (κ2) is 11.5. The minimum atomic E-state index is -1.14. The van der Waals surface area contributed by atoms with Crippen molar-refractivity contribution in [3.05, 3.63) is 71.3 Å². The molecule has 2 aliphatic rings. The third kappa shape index (κ3) is 5.97. The van der Waals surface area contributed by atoms with Gasteiger partial charge in [-0.05, 0) is 66.5 Å². The van der Waals surface area contributed by atoms with Crippen LogP contribution in [-0.4, -0.2) is 65.0 Å². The first kappa shape index (κ1) is 27.5. The summed E-state index contributed by atoms with van der Waals surface area (Å²) in [5, 5.41) is 12.7. The van der Waals surface area contributed by atoms with Gasteiger partial charge in [-0.2, -0.15) is 0 Å². The molecule has 1 heterocycles. The number of likely N-dealkylation sites (tertiary alicyclic amines) is 1. The average molecular weight is 528 g/mol. The van der Waals surface area contributed by atoms with Crippen molar-refractivity contribution in [2.45, 2.75) is 51.1 Å². The lowest BCUT2D eigenvalue weighted by molar-refractivity contribution is -0.135. The van der Waals surface area contributed by atoms with Crippen LogP contribution in [0.5, 0.6) is 0 Å². The number of fused-ring (bicyclic) bond motifs is 1. The summed E-state index contributed by atoms with van der Waals surface area (Å²) >= 11 is 0. The maximum absolute atomic E-state index is 13.6. The van der Waals surface area contributed by atoms with Gasteiger partial charge >= 0.3 is 6.09 Å². The highest BCUT2D eigenvalue weighted by atomic mass is 19.1. The van der Waals surface area contributed by atoms with Gasteiger partial charge in [0.05, 0.1) is 5.92 Å². The Balaban J connectivity index is 1.49. The smallest absolute Gasteiger partial charge is 0.407 e. The quantitative estimate of drug-likeness (QED) is 0.530. The summed E-state index contributed by atoms with van der Waals surface area (Å²) < 4.78 is 27.2. The number of carbonyl (C=O) groups excluding carboxylic acids is 2. The molecule has 4 rings (SSSR count). The van der Waals surface area contributed by atoms with Crippen LogP contribution in [0.2, 0.25) is 0 Å². The van der Waals surface area contributed by atoms with Crippen LogP contribution in [-0.2, 0) is 9.59 Å². The fourth-order valence-electron chi connectivity index (χ4n) is 5.91. The Hall–Kier alpha value is -3.49. The topological polar surface area (TPSA) is 90.0 Å². The molecule has 1 saturated heterocycles. The number of nitrogens with zero attached hydrogens (tertiary/aromatic N) is 2. The monoisotopic (exact) mass is 527 g/mol. The Labute approximate surface area is 221 Å². The molecule has 2 fully saturated rings. The van der Waals surface area contributed by atoms with Gasteiger partial charge < -0.3 is 15.3 Å². The number of hydrogen-bond acceptors (Lipinski definition) is 3. The van der Waals surface area contributed by atoms with Crippen molar-refractivity contribution in [2.75, 3.05) is 20.1 Å². The van der Waals surface area contributed by atoms with E-state index in [1.165, 1.54) is 31.3 Å². The molecule has 204 valence electrons. The number of hydrogen-bond donors (Lipinski definition) is 2. The predicted molar refractivity (Wildman–Crippen MR) is 138 cm³/mol. The van der Waals surface area contributed by atoms with Gasteiger partial charge in [0.1, 0.15) is 17.7 Å². The first-order valence-corrected chi connectivity index (χ1v) is 13.1. The fraction of sp³-hybridized carbons (Fsp3) is 0.483. The molecule has 2 aromatic rings. The molecule has 0 spiro atoms. The zero-order valence-electron chi connectivity index (χ0n) is 21.9. The number of amides is 3. The molecule has 4 atom stereocenters. The largest absolute Gasteiger partial charge is 0.465 e. The standard InChI is InChI=1S/C29H35F2N3O4/c1-17(2)14-25(33(3)29(37)38)28(36)34-15-20-8-13-24(23(20)16-34)32-27(35)26(18-4-9-21(30)10-5-18)19-6-11-22(31)12-7-19/h4-7,9-12,17,20,23-26H,8,13-16H2,1-3H3,(H,32,35)(H,37,38)/t20-,23?,24?,25+/m1/s1. The number of rotatable bonds is 8. The zero-order chi connectivity index (χ0) is 27.6. The molecule has 2 aromatic carbocycles. The Kier molecular flexibility index (Phi) is 8.33. The van der Waals surface area contributed by atoms with Gasteiger partial charge in [0.15, 0.2) is 0 Å². The molecule has 0 bridgehead atoms. The maximum atomic E-state index is 13.6. The van der Waals surface area contributed by atoms with E-state index in [9.17, 15) is 28.3 Å². The summed E-state index contributed by atoms with van der Waals surface area (Å²) in [6.45, 7) is 4.91. The molecule has 1 saturated carbocycles. The highest BCUT2D eigenvalue weighted by molar-refractivity contribution is 5.88. The lowest BCUT2D eigenvalue weighted by Gasteiger charge is -2.31. The Bertz CT molecular complexity index is 1110. The molecule has 1 aliphatic heterocycles. The minimum absolute atomic E-state index is 0.0554. The van der Waals surface area contributed by atoms with E-state index < -0.39 is 29.7 Å². The second-order valence-corrected chi connectivity index (χ2v) is 10.9. The second-order valence-electron chi connectivity index (χ2n) is 10.9. The van der Waals surface area contributed by atoms with E-state index in [2.05, 4.69) is 5.32 Å². The van der Waals surface area contributed by atoms with E-state index >= 15 is 0 Å². The molecular formula is C29H35F2N3O4. The SMILES string of the molecule is CC(C)C[C@@H](C(=O)N1CC2C(NC(=O)C(c3ccc(F)cc3)c3ccc(F)cc3)CC[C@@H]2C1)N(C)C(=O)O. The molecule has 2 N–H and O–H groups in total. The molecule has 0 aromatic heterocycles. The highest BCUT2D eigenvalue weighted by Crippen LogP contribution is 2.39. The zero-order valence-corrected chi connectivity index (χ0v) is 21.9. The van der Waals surface area contributed by atoms with Crippen LogP contribution < -0.4 is 5.32 Å². The number of carbonyl (C=O) groups is 3. The normalized spacial score (nSPS) is 21.4. The average Bonchev–Trinajstić information content (AvgIpc) is 3.46. The lowest BCUT2D eigenvalue weighted by atomic mass is 9.89. The number of carboxylic acid groups (broad SMARTS) is 1. The summed E-state index contributed by atoms with van der Waals surface area (Å²) in [5.74, 6) is -1.60. The van der Waals surface area contributed by atoms with Gasteiger partial charge in [-0.15, -0.1) is 0 Å². The van der Waals surface area contributed by atoms with Gasteiger partial charge in [-0.3, -0.25) is 14.5 Å². The minimum Gasteiger partial charge on any atom is -0.465 e. The Morgan fingerprint density at radius 1 is 0.974 bits per heavy atom. The molecule has 2 unspecified atom stereocenters. The van der Waals surface area contributed by atoms with Crippen molar-refractivity contribution in [1.82, 2.24) is 15.1 Å². The lowest BCUT2D eigenvalue weighted by Crippen LogP contribution is -2.49. The maximum Gasteiger partial charge on any atom is 0.407 e. The van der Waals surface area contributed by atoms with E-state index in [-0.39, 0.29) is 35.6 Å². The Morgan fingerprint density at radius 2 is 1.53 bits per heavy atom. The number of nitrogens with one attached hydrogen (secondary N) is 1. The summed E-state index contributed by atoms with van der Waals surface area (Å²) in [6, 6.07) is 10.5. The Morgan fingerprint density at radius 3 is 2.03 bits per heavy atom. The molecule has 38 heavy (non-hydrogen) atoms. The van der Waals surface area contributed by atoms with E-state index in [4.69, 9.17) is 0 Å². The van der Waals surface area contributed by atoms with Gasteiger partial charge in [0.25, 0.3) is 0 Å². The summed E-state index contributed by atoms with van der Waals surface area (Å²) in [4.78, 5) is 41.5.